The molecule has 0 spiro atoms. The fourth-order valence-corrected chi connectivity index (χ4v) is 1.65. The standard InChI is InChI=1S/C9H9BrFN3/c10-7-5-6(11)1-2-8(7)14-9-12-3-4-13-9/h1-2,5H,3-4H2,(H2,12,13,14). The van der Waals surface area contributed by atoms with Crippen LogP contribution in [-0.2, 0) is 0 Å². The Morgan fingerprint density at radius 3 is 3.00 bits per heavy atom. The number of rotatable bonds is 1. The van der Waals surface area contributed by atoms with Crippen molar-refractivity contribution >= 4 is 27.6 Å². The summed E-state index contributed by atoms with van der Waals surface area (Å²) >= 11 is 3.27. The second-order valence-electron chi connectivity index (χ2n) is 2.91. The number of hydrogen-bond donors (Lipinski definition) is 2. The van der Waals surface area contributed by atoms with Crippen molar-refractivity contribution in [3.8, 4) is 0 Å². The number of anilines is 1. The van der Waals surface area contributed by atoms with E-state index in [2.05, 4.69) is 31.6 Å². The molecule has 0 aliphatic carbocycles. The maximum atomic E-state index is 12.8. The molecule has 0 saturated heterocycles. The van der Waals surface area contributed by atoms with Crippen LogP contribution in [0.2, 0.25) is 0 Å². The molecule has 2 rings (SSSR count). The molecular weight excluding hydrogens is 249 g/mol. The topological polar surface area (TPSA) is 36.4 Å². The van der Waals surface area contributed by atoms with E-state index >= 15 is 0 Å². The summed E-state index contributed by atoms with van der Waals surface area (Å²) in [6.45, 7) is 1.63. The molecule has 74 valence electrons. The van der Waals surface area contributed by atoms with E-state index in [9.17, 15) is 4.39 Å². The van der Waals surface area contributed by atoms with Crippen molar-refractivity contribution in [3.05, 3.63) is 28.5 Å². The monoisotopic (exact) mass is 257 g/mol. The largest absolute Gasteiger partial charge is 0.354 e. The van der Waals surface area contributed by atoms with Crippen LogP contribution in [0.25, 0.3) is 0 Å². The van der Waals surface area contributed by atoms with Gasteiger partial charge in [-0.05, 0) is 34.1 Å². The number of aliphatic imine (C=N–C) groups is 1. The Hall–Kier alpha value is -1.10. The van der Waals surface area contributed by atoms with Gasteiger partial charge in [0.2, 0.25) is 0 Å². The van der Waals surface area contributed by atoms with E-state index in [1.165, 1.54) is 12.1 Å². The van der Waals surface area contributed by atoms with Gasteiger partial charge in [-0.15, -0.1) is 0 Å². The molecule has 1 heterocycles. The molecule has 2 N–H and O–H groups in total. The highest BCUT2D eigenvalue weighted by atomic mass is 79.9. The van der Waals surface area contributed by atoms with Crippen LogP contribution in [0.15, 0.2) is 27.7 Å². The summed E-state index contributed by atoms with van der Waals surface area (Å²) in [4.78, 5) is 4.17. The molecule has 1 aromatic carbocycles. The predicted octanol–water partition coefficient (Wildman–Crippen LogP) is 1.96. The Morgan fingerprint density at radius 1 is 1.50 bits per heavy atom. The summed E-state index contributed by atoms with van der Waals surface area (Å²) in [5.74, 6) is 0.473. The van der Waals surface area contributed by atoms with Crippen LogP contribution in [0, 0.1) is 5.82 Å². The Kier molecular flexibility index (Phi) is 2.67. The summed E-state index contributed by atoms with van der Waals surface area (Å²) in [7, 11) is 0. The van der Waals surface area contributed by atoms with Gasteiger partial charge in [0.05, 0.1) is 12.2 Å². The van der Waals surface area contributed by atoms with E-state index in [1.807, 2.05) is 0 Å². The number of guanidine groups is 1. The normalized spacial score (nSPS) is 14.9. The van der Waals surface area contributed by atoms with E-state index in [4.69, 9.17) is 0 Å². The summed E-state index contributed by atoms with van der Waals surface area (Å²) < 4.78 is 13.4. The lowest BCUT2D eigenvalue weighted by atomic mass is 10.3. The van der Waals surface area contributed by atoms with Crippen LogP contribution in [-0.4, -0.2) is 19.0 Å². The molecule has 14 heavy (non-hydrogen) atoms. The van der Waals surface area contributed by atoms with Crippen molar-refractivity contribution in [1.29, 1.82) is 0 Å². The molecule has 0 saturated carbocycles. The first-order valence-electron chi connectivity index (χ1n) is 4.26. The molecule has 1 aromatic rings. The molecule has 0 radical (unpaired) electrons. The number of hydrogen-bond acceptors (Lipinski definition) is 3. The molecule has 5 heteroatoms. The lowest BCUT2D eigenvalue weighted by Crippen LogP contribution is -2.26. The quantitative estimate of drug-likeness (QED) is 0.807. The smallest absolute Gasteiger partial charge is 0.195 e. The lowest BCUT2D eigenvalue weighted by molar-refractivity contribution is 0.627. The van der Waals surface area contributed by atoms with Crippen LogP contribution in [0.4, 0.5) is 10.1 Å². The number of nitrogens with zero attached hydrogens (tertiary/aromatic N) is 1. The van der Waals surface area contributed by atoms with Crippen molar-refractivity contribution in [2.45, 2.75) is 0 Å². The molecule has 0 unspecified atom stereocenters. The zero-order valence-corrected chi connectivity index (χ0v) is 8.94. The van der Waals surface area contributed by atoms with Crippen molar-refractivity contribution < 1.29 is 4.39 Å². The van der Waals surface area contributed by atoms with Crippen LogP contribution in [0.1, 0.15) is 0 Å². The van der Waals surface area contributed by atoms with Gasteiger partial charge in [-0.3, -0.25) is 4.99 Å². The molecule has 0 bridgehead atoms. The third-order valence-corrected chi connectivity index (χ3v) is 2.51. The SMILES string of the molecule is Fc1ccc(NC2=NCCN2)c(Br)c1. The van der Waals surface area contributed by atoms with Crippen molar-refractivity contribution in [1.82, 2.24) is 5.32 Å². The van der Waals surface area contributed by atoms with Gasteiger partial charge in [0.25, 0.3) is 0 Å². The Bertz CT molecular complexity index is 378. The van der Waals surface area contributed by atoms with Gasteiger partial charge in [0.1, 0.15) is 5.82 Å². The van der Waals surface area contributed by atoms with Crippen LogP contribution in [0.3, 0.4) is 0 Å². The number of nitrogens with one attached hydrogen (secondary N) is 2. The highest BCUT2D eigenvalue weighted by Gasteiger charge is 2.07. The molecule has 3 nitrogen and oxygen atoms in total. The fourth-order valence-electron chi connectivity index (χ4n) is 1.20. The zero-order chi connectivity index (χ0) is 9.97. The van der Waals surface area contributed by atoms with Gasteiger partial charge in [-0.25, -0.2) is 4.39 Å². The molecule has 0 amide bonds. The Balaban J connectivity index is 2.16. The maximum Gasteiger partial charge on any atom is 0.195 e. The minimum Gasteiger partial charge on any atom is -0.354 e. The third-order valence-electron chi connectivity index (χ3n) is 1.86. The first-order chi connectivity index (χ1) is 6.75. The summed E-state index contributed by atoms with van der Waals surface area (Å²) in [5, 5.41) is 6.13. The summed E-state index contributed by atoms with van der Waals surface area (Å²) in [5.41, 5.74) is 0.805. The lowest BCUT2D eigenvalue weighted by Gasteiger charge is -2.08. The molecule has 1 aliphatic heterocycles. The van der Waals surface area contributed by atoms with Gasteiger partial charge in [0, 0.05) is 11.0 Å². The van der Waals surface area contributed by atoms with Crippen LogP contribution < -0.4 is 10.6 Å². The van der Waals surface area contributed by atoms with Crippen molar-refractivity contribution in [3.63, 3.8) is 0 Å². The highest BCUT2D eigenvalue weighted by Crippen LogP contribution is 2.22. The van der Waals surface area contributed by atoms with Gasteiger partial charge in [0.15, 0.2) is 5.96 Å². The van der Waals surface area contributed by atoms with Gasteiger partial charge in [-0.2, -0.15) is 0 Å². The summed E-state index contributed by atoms with van der Waals surface area (Å²) in [6.07, 6.45) is 0. The van der Waals surface area contributed by atoms with Crippen molar-refractivity contribution in [2.24, 2.45) is 4.99 Å². The minimum absolute atomic E-state index is 0.260. The summed E-state index contributed by atoms with van der Waals surface area (Å²) in [6, 6.07) is 4.49. The van der Waals surface area contributed by atoms with Crippen molar-refractivity contribution in [2.75, 3.05) is 18.4 Å². The van der Waals surface area contributed by atoms with E-state index in [0.717, 1.165) is 24.7 Å². The minimum atomic E-state index is -0.260. The Labute approximate surface area is 89.5 Å². The third kappa shape index (κ3) is 2.04. The first-order valence-corrected chi connectivity index (χ1v) is 5.05. The maximum absolute atomic E-state index is 12.8. The Morgan fingerprint density at radius 2 is 2.36 bits per heavy atom. The molecule has 0 fully saturated rings. The number of halogens is 2. The average molecular weight is 258 g/mol. The van der Waals surface area contributed by atoms with Gasteiger partial charge < -0.3 is 10.6 Å². The zero-order valence-electron chi connectivity index (χ0n) is 7.35. The molecule has 0 atom stereocenters. The molecular formula is C9H9BrFN3. The second-order valence-corrected chi connectivity index (χ2v) is 3.76. The van der Waals surface area contributed by atoms with Crippen LogP contribution >= 0.6 is 15.9 Å². The van der Waals surface area contributed by atoms with Gasteiger partial charge in [-0.1, -0.05) is 0 Å². The van der Waals surface area contributed by atoms with E-state index in [1.54, 1.807) is 6.07 Å². The first kappa shape index (κ1) is 9.45. The molecule has 0 aromatic heterocycles. The van der Waals surface area contributed by atoms with E-state index in [-0.39, 0.29) is 5.82 Å². The molecule has 1 aliphatic rings. The van der Waals surface area contributed by atoms with E-state index in [0.29, 0.717) is 4.47 Å². The fraction of sp³-hybridized carbons (Fsp3) is 0.222. The van der Waals surface area contributed by atoms with Gasteiger partial charge >= 0.3 is 0 Å². The predicted molar refractivity (Wildman–Crippen MR) is 58.0 cm³/mol. The van der Waals surface area contributed by atoms with Crippen LogP contribution in [0.5, 0.6) is 0 Å². The average Bonchev–Trinajstić information content (AvgIpc) is 2.62. The van der Waals surface area contributed by atoms with E-state index < -0.39 is 0 Å². The second kappa shape index (κ2) is 3.96. The highest BCUT2D eigenvalue weighted by molar-refractivity contribution is 9.10. The number of benzene rings is 1.